The van der Waals surface area contributed by atoms with E-state index >= 15 is 0 Å². The summed E-state index contributed by atoms with van der Waals surface area (Å²) in [6.07, 6.45) is 4.54. The fraction of sp³-hybridized carbons (Fsp3) is 0.417. The Balaban J connectivity index is 1.44. The number of hydrogen-bond donors (Lipinski definition) is 2. The van der Waals surface area contributed by atoms with E-state index < -0.39 is 0 Å². The first-order valence-corrected chi connectivity index (χ1v) is 10.8. The van der Waals surface area contributed by atoms with E-state index in [2.05, 4.69) is 10.6 Å². The number of likely N-dealkylation sites (tertiary alicyclic amines) is 1. The maximum Gasteiger partial charge on any atom is 0.253 e. The molecule has 0 bridgehead atoms. The number of methoxy groups -OCH3 is 1. The highest BCUT2D eigenvalue weighted by atomic mass is 16.5. The molecule has 2 aromatic rings. The fourth-order valence-corrected chi connectivity index (χ4v) is 3.45. The van der Waals surface area contributed by atoms with Crippen molar-refractivity contribution in [3.63, 3.8) is 0 Å². The lowest BCUT2D eigenvalue weighted by molar-refractivity contribution is -0.114. The van der Waals surface area contributed by atoms with Crippen molar-refractivity contribution in [2.24, 2.45) is 0 Å². The normalized spacial score (nSPS) is 13.9. The van der Waals surface area contributed by atoms with Crippen LogP contribution in [0.25, 0.3) is 0 Å². The number of carbonyl (C=O) groups is 2. The second-order valence-electron chi connectivity index (χ2n) is 7.55. The summed E-state index contributed by atoms with van der Waals surface area (Å²) < 4.78 is 10.5. The molecular weight excluding hydrogens is 394 g/mol. The number of amides is 2. The lowest BCUT2D eigenvalue weighted by Gasteiger charge is -2.20. The van der Waals surface area contributed by atoms with Gasteiger partial charge in [0.05, 0.1) is 13.2 Å². The highest BCUT2D eigenvalue weighted by Gasteiger charge is 2.17. The molecule has 1 fully saturated rings. The maximum atomic E-state index is 12.7. The van der Waals surface area contributed by atoms with Gasteiger partial charge in [-0.3, -0.25) is 9.59 Å². The number of benzene rings is 2. The van der Waals surface area contributed by atoms with Crippen LogP contribution < -0.4 is 15.4 Å². The number of nitrogens with one attached hydrogen (secondary N) is 2. The molecule has 1 aliphatic rings. The first-order chi connectivity index (χ1) is 15.2. The van der Waals surface area contributed by atoms with E-state index in [-0.39, 0.29) is 18.4 Å². The third kappa shape index (κ3) is 7.29. The molecular formula is C24H31N3O4. The molecule has 0 aliphatic carbocycles. The Bertz CT molecular complexity index is 829. The van der Waals surface area contributed by atoms with Gasteiger partial charge in [-0.15, -0.1) is 0 Å². The largest absolute Gasteiger partial charge is 0.491 e. The first kappa shape index (κ1) is 22.6. The number of ether oxygens (including phenoxy) is 2. The summed E-state index contributed by atoms with van der Waals surface area (Å²) in [5.41, 5.74) is 2.18. The smallest absolute Gasteiger partial charge is 0.253 e. The van der Waals surface area contributed by atoms with Crippen LogP contribution in [0.1, 0.15) is 36.0 Å². The zero-order valence-corrected chi connectivity index (χ0v) is 18.1. The summed E-state index contributed by atoms with van der Waals surface area (Å²) >= 11 is 0. The van der Waals surface area contributed by atoms with Gasteiger partial charge in [0.1, 0.15) is 12.4 Å². The highest BCUT2D eigenvalue weighted by molar-refractivity contribution is 5.95. The van der Waals surface area contributed by atoms with Gasteiger partial charge in [-0.2, -0.15) is 0 Å². The van der Waals surface area contributed by atoms with Gasteiger partial charge in [-0.05, 0) is 61.4 Å². The van der Waals surface area contributed by atoms with Crippen LogP contribution in [0.5, 0.6) is 5.75 Å². The van der Waals surface area contributed by atoms with E-state index in [1.807, 2.05) is 29.2 Å². The standard InChI is InChI=1S/C24H31N3O4/c1-30-16-17-31-22-12-10-21(11-13-22)26-23(28)18-25-20-8-6-19(7-9-20)24(29)27-14-4-2-3-5-15-27/h6-13,25H,2-5,14-18H2,1H3,(H,26,28). The van der Waals surface area contributed by atoms with Crippen molar-refractivity contribution < 1.29 is 19.1 Å². The predicted molar refractivity (Wildman–Crippen MR) is 122 cm³/mol. The Kier molecular flexibility index (Phi) is 8.72. The van der Waals surface area contributed by atoms with Crippen molar-refractivity contribution in [1.29, 1.82) is 0 Å². The van der Waals surface area contributed by atoms with Crippen molar-refractivity contribution in [2.75, 3.05) is 50.6 Å². The lowest BCUT2D eigenvalue weighted by Crippen LogP contribution is -2.31. The van der Waals surface area contributed by atoms with Gasteiger partial charge >= 0.3 is 0 Å². The van der Waals surface area contributed by atoms with Crippen LogP contribution in [0.15, 0.2) is 48.5 Å². The Morgan fingerprint density at radius 3 is 2.16 bits per heavy atom. The summed E-state index contributed by atoms with van der Waals surface area (Å²) in [7, 11) is 1.63. The van der Waals surface area contributed by atoms with E-state index in [1.165, 1.54) is 12.8 Å². The van der Waals surface area contributed by atoms with E-state index in [1.54, 1.807) is 31.4 Å². The Labute approximate surface area is 183 Å². The van der Waals surface area contributed by atoms with Crippen molar-refractivity contribution in [1.82, 2.24) is 4.90 Å². The average molecular weight is 426 g/mol. The van der Waals surface area contributed by atoms with Gasteiger partial charge < -0.3 is 25.0 Å². The molecule has 7 nitrogen and oxygen atoms in total. The van der Waals surface area contributed by atoms with Gasteiger partial charge in [-0.1, -0.05) is 12.8 Å². The van der Waals surface area contributed by atoms with Gasteiger partial charge in [0, 0.05) is 37.1 Å². The van der Waals surface area contributed by atoms with Gasteiger partial charge in [-0.25, -0.2) is 0 Å². The third-order valence-corrected chi connectivity index (χ3v) is 5.17. The van der Waals surface area contributed by atoms with Crippen molar-refractivity contribution in [3.05, 3.63) is 54.1 Å². The zero-order chi connectivity index (χ0) is 21.9. The summed E-state index contributed by atoms with van der Waals surface area (Å²) in [4.78, 5) is 26.8. The van der Waals surface area contributed by atoms with Crippen LogP contribution in [0.4, 0.5) is 11.4 Å². The van der Waals surface area contributed by atoms with Gasteiger partial charge in [0.25, 0.3) is 5.91 Å². The summed E-state index contributed by atoms with van der Waals surface area (Å²) in [6, 6.07) is 14.5. The van der Waals surface area contributed by atoms with Gasteiger partial charge in [0.15, 0.2) is 0 Å². The average Bonchev–Trinajstić information content (AvgIpc) is 3.09. The number of carbonyl (C=O) groups excluding carboxylic acids is 2. The molecule has 3 rings (SSSR count). The predicted octanol–water partition coefficient (Wildman–Crippen LogP) is 3.78. The van der Waals surface area contributed by atoms with Crippen LogP contribution in [-0.2, 0) is 9.53 Å². The minimum atomic E-state index is -0.155. The molecule has 2 N–H and O–H groups in total. The second kappa shape index (κ2) is 12.0. The molecule has 1 saturated heterocycles. The lowest BCUT2D eigenvalue weighted by atomic mass is 10.1. The molecule has 1 heterocycles. The molecule has 166 valence electrons. The Hall–Kier alpha value is -3.06. The number of anilines is 2. The Morgan fingerprint density at radius 2 is 1.52 bits per heavy atom. The van der Waals surface area contributed by atoms with E-state index in [0.29, 0.717) is 24.5 Å². The first-order valence-electron chi connectivity index (χ1n) is 10.8. The Morgan fingerprint density at radius 1 is 0.871 bits per heavy atom. The summed E-state index contributed by atoms with van der Waals surface area (Å²) in [6.45, 7) is 2.80. The second-order valence-corrected chi connectivity index (χ2v) is 7.55. The molecule has 0 unspecified atom stereocenters. The molecule has 0 saturated carbocycles. The minimum absolute atomic E-state index is 0.0841. The van der Waals surface area contributed by atoms with Gasteiger partial charge in [0.2, 0.25) is 5.91 Å². The van der Waals surface area contributed by atoms with Crippen LogP contribution in [-0.4, -0.2) is 56.7 Å². The topological polar surface area (TPSA) is 79.9 Å². The molecule has 0 radical (unpaired) electrons. The van der Waals surface area contributed by atoms with Crippen molar-refractivity contribution in [2.45, 2.75) is 25.7 Å². The number of hydrogen-bond acceptors (Lipinski definition) is 5. The quantitative estimate of drug-likeness (QED) is 0.598. The molecule has 1 aliphatic heterocycles. The fourth-order valence-electron chi connectivity index (χ4n) is 3.45. The maximum absolute atomic E-state index is 12.7. The molecule has 0 spiro atoms. The van der Waals surface area contributed by atoms with Crippen LogP contribution >= 0.6 is 0 Å². The van der Waals surface area contributed by atoms with E-state index in [9.17, 15) is 9.59 Å². The molecule has 7 heteroatoms. The summed E-state index contributed by atoms with van der Waals surface area (Å²) in [5.74, 6) is 0.654. The minimum Gasteiger partial charge on any atom is -0.491 e. The van der Waals surface area contributed by atoms with E-state index in [0.717, 1.165) is 37.4 Å². The molecule has 0 atom stereocenters. The third-order valence-electron chi connectivity index (χ3n) is 5.17. The monoisotopic (exact) mass is 425 g/mol. The number of nitrogens with zero attached hydrogens (tertiary/aromatic N) is 1. The molecule has 0 aromatic heterocycles. The van der Waals surface area contributed by atoms with Crippen LogP contribution in [0.3, 0.4) is 0 Å². The molecule has 31 heavy (non-hydrogen) atoms. The van der Waals surface area contributed by atoms with Crippen molar-refractivity contribution in [3.8, 4) is 5.75 Å². The molecule has 2 aromatic carbocycles. The SMILES string of the molecule is COCCOc1ccc(NC(=O)CNc2ccc(C(=O)N3CCCCCC3)cc2)cc1. The highest BCUT2D eigenvalue weighted by Crippen LogP contribution is 2.17. The summed E-state index contributed by atoms with van der Waals surface area (Å²) in [5, 5.41) is 5.93. The zero-order valence-electron chi connectivity index (χ0n) is 18.1. The van der Waals surface area contributed by atoms with Crippen LogP contribution in [0.2, 0.25) is 0 Å². The van der Waals surface area contributed by atoms with Crippen molar-refractivity contribution >= 4 is 23.2 Å². The molecule has 2 amide bonds. The number of rotatable bonds is 9. The van der Waals surface area contributed by atoms with Crippen LogP contribution in [0, 0.1) is 0 Å². The van der Waals surface area contributed by atoms with E-state index in [4.69, 9.17) is 9.47 Å².